The smallest absolute Gasteiger partial charge is 0.189 e. The summed E-state index contributed by atoms with van der Waals surface area (Å²) in [7, 11) is 0. The maximum Gasteiger partial charge on any atom is 0.189 e. The van der Waals surface area contributed by atoms with Gasteiger partial charge in [0.15, 0.2) is 5.16 Å². The molecular weight excluding hydrogens is 308 g/mol. The van der Waals surface area contributed by atoms with Crippen LogP contribution in [0, 0.1) is 6.92 Å². The maximum absolute atomic E-state index is 4.67. The minimum atomic E-state index is 0.855. The molecule has 122 valence electrons. The second kappa shape index (κ2) is 7.12. The molecule has 0 N–H and O–H groups in total. The Morgan fingerprint density at radius 3 is 2.30 bits per heavy atom. The van der Waals surface area contributed by atoms with Gasteiger partial charge in [-0.05, 0) is 19.6 Å². The number of anilines is 2. The van der Waals surface area contributed by atoms with Crippen LogP contribution in [-0.2, 0) is 6.42 Å². The topological polar surface area (TPSA) is 58.0 Å². The molecule has 1 aliphatic rings. The normalized spacial score (nSPS) is 15.1. The van der Waals surface area contributed by atoms with Gasteiger partial charge in [0.05, 0.1) is 0 Å². The SMILES string of the molecule is CCc1cc(N2CCN(c3cc(C)ncn3)CC2)nc(SC)n1. The first kappa shape index (κ1) is 16.0. The van der Waals surface area contributed by atoms with Crippen LogP contribution < -0.4 is 9.80 Å². The summed E-state index contributed by atoms with van der Waals surface area (Å²) >= 11 is 1.60. The molecule has 0 bridgehead atoms. The molecule has 0 amide bonds. The average Bonchev–Trinajstić information content (AvgIpc) is 2.61. The molecule has 2 aromatic rings. The number of nitrogens with zero attached hydrogens (tertiary/aromatic N) is 6. The Kier molecular flexibility index (Phi) is 4.95. The predicted molar refractivity (Wildman–Crippen MR) is 94.4 cm³/mol. The Morgan fingerprint density at radius 1 is 1.00 bits per heavy atom. The van der Waals surface area contributed by atoms with Gasteiger partial charge in [-0.3, -0.25) is 0 Å². The highest BCUT2D eigenvalue weighted by atomic mass is 32.2. The number of aryl methyl sites for hydroxylation is 2. The first-order valence-corrected chi connectivity index (χ1v) is 9.12. The van der Waals surface area contributed by atoms with Crippen molar-refractivity contribution < 1.29 is 0 Å². The van der Waals surface area contributed by atoms with Crippen molar-refractivity contribution in [1.29, 1.82) is 0 Å². The van der Waals surface area contributed by atoms with Gasteiger partial charge in [-0.25, -0.2) is 19.9 Å². The summed E-state index contributed by atoms with van der Waals surface area (Å²) in [6, 6.07) is 4.16. The lowest BCUT2D eigenvalue weighted by Gasteiger charge is -2.36. The molecule has 0 aromatic carbocycles. The Labute approximate surface area is 141 Å². The lowest BCUT2D eigenvalue weighted by Crippen LogP contribution is -2.47. The minimum Gasteiger partial charge on any atom is -0.353 e. The number of piperazine rings is 1. The molecule has 23 heavy (non-hydrogen) atoms. The molecule has 0 radical (unpaired) electrons. The first-order chi connectivity index (χ1) is 11.2. The molecule has 7 heteroatoms. The third-order valence-electron chi connectivity index (χ3n) is 4.01. The number of aromatic nitrogens is 4. The van der Waals surface area contributed by atoms with Crippen LogP contribution in [0.2, 0.25) is 0 Å². The van der Waals surface area contributed by atoms with Crippen molar-refractivity contribution in [2.45, 2.75) is 25.4 Å². The van der Waals surface area contributed by atoms with Crippen LogP contribution in [0.5, 0.6) is 0 Å². The van der Waals surface area contributed by atoms with Crippen LogP contribution in [0.4, 0.5) is 11.6 Å². The summed E-state index contributed by atoms with van der Waals surface area (Å²) < 4.78 is 0. The summed E-state index contributed by atoms with van der Waals surface area (Å²) in [6.45, 7) is 7.89. The second-order valence-electron chi connectivity index (χ2n) is 5.55. The fourth-order valence-corrected chi connectivity index (χ4v) is 3.07. The van der Waals surface area contributed by atoms with Crippen molar-refractivity contribution in [2.24, 2.45) is 0 Å². The van der Waals surface area contributed by atoms with Crippen LogP contribution in [-0.4, -0.2) is 52.4 Å². The number of rotatable bonds is 4. The van der Waals surface area contributed by atoms with Crippen molar-refractivity contribution in [1.82, 2.24) is 19.9 Å². The summed E-state index contributed by atoms with van der Waals surface area (Å²) in [4.78, 5) is 22.4. The number of hydrogen-bond donors (Lipinski definition) is 0. The largest absolute Gasteiger partial charge is 0.353 e. The minimum absolute atomic E-state index is 0.855. The van der Waals surface area contributed by atoms with E-state index >= 15 is 0 Å². The quantitative estimate of drug-likeness (QED) is 0.629. The Hall–Kier alpha value is -1.89. The fraction of sp³-hybridized carbons (Fsp3) is 0.500. The zero-order valence-electron chi connectivity index (χ0n) is 13.9. The second-order valence-corrected chi connectivity index (χ2v) is 6.32. The summed E-state index contributed by atoms with van der Waals surface area (Å²) in [5, 5.41) is 0.855. The van der Waals surface area contributed by atoms with Crippen LogP contribution in [0.1, 0.15) is 18.3 Å². The van der Waals surface area contributed by atoms with E-state index in [0.29, 0.717) is 0 Å². The highest BCUT2D eigenvalue weighted by molar-refractivity contribution is 7.98. The van der Waals surface area contributed by atoms with Gasteiger partial charge < -0.3 is 9.80 Å². The van der Waals surface area contributed by atoms with Crippen LogP contribution >= 0.6 is 11.8 Å². The van der Waals surface area contributed by atoms with E-state index in [0.717, 1.165) is 60.8 Å². The van der Waals surface area contributed by atoms with E-state index in [2.05, 4.69) is 42.7 Å². The van der Waals surface area contributed by atoms with Crippen molar-refractivity contribution in [3.8, 4) is 0 Å². The fourth-order valence-electron chi connectivity index (χ4n) is 2.67. The van der Waals surface area contributed by atoms with Crippen LogP contribution in [0.15, 0.2) is 23.6 Å². The van der Waals surface area contributed by atoms with Crippen LogP contribution in [0.3, 0.4) is 0 Å². The summed E-state index contributed by atoms with van der Waals surface area (Å²) in [5.41, 5.74) is 2.11. The zero-order valence-corrected chi connectivity index (χ0v) is 14.7. The molecule has 1 aliphatic heterocycles. The van der Waals surface area contributed by atoms with Gasteiger partial charge in [0, 0.05) is 49.7 Å². The zero-order chi connectivity index (χ0) is 16.2. The molecule has 0 unspecified atom stereocenters. The van der Waals surface area contributed by atoms with E-state index in [1.54, 1.807) is 18.1 Å². The van der Waals surface area contributed by atoms with Gasteiger partial charge in [-0.15, -0.1) is 0 Å². The van der Waals surface area contributed by atoms with Crippen molar-refractivity contribution in [3.63, 3.8) is 0 Å². The van der Waals surface area contributed by atoms with Crippen molar-refractivity contribution in [2.75, 3.05) is 42.2 Å². The molecule has 1 fully saturated rings. The molecule has 3 rings (SSSR count). The first-order valence-electron chi connectivity index (χ1n) is 7.90. The monoisotopic (exact) mass is 330 g/mol. The number of thioether (sulfide) groups is 1. The maximum atomic E-state index is 4.67. The highest BCUT2D eigenvalue weighted by Gasteiger charge is 2.20. The van der Waals surface area contributed by atoms with E-state index in [4.69, 9.17) is 0 Å². The Balaban J connectivity index is 1.71. The molecule has 0 atom stereocenters. The van der Waals surface area contributed by atoms with E-state index in [1.165, 1.54) is 0 Å². The average molecular weight is 330 g/mol. The van der Waals surface area contributed by atoms with Gasteiger partial charge in [-0.2, -0.15) is 0 Å². The standard InChI is InChI=1S/C16H22N6S/c1-4-13-10-15(20-16(19-13)23-3)22-7-5-21(6-8-22)14-9-12(2)17-11-18-14/h9-11H,4-8H2,1-3H3. The van der Waals surface area contributed by atoms with Crippen molar-refractivity contribution in [3.05, 3.63) is 29.8 Å². The summed E-state index contributed by atoms with van der Waals surface area (Å²) in [6.07, 6.45) is 4.59. The van der Waals surface area contributed by atoms with Gasteiger partial charge in [0.1, 0.15) is 18.0 Å². The van der Waals surface area contributed by atoms with Gasteiger partial charge in [0.25, 0.3) is 0 Å². The molecule has 0 saturated carbocycles. The molecule has 6 nitrogen and oxygen atoms in total. The predicted octanol–water partition coefficient (Wildman–Crippen LogP) is 2.19. The van der Waals surface area contributed by atoms with Gasteiger partial charge in [0.2, 0.25) is 0 Å². The molecular formula is C16H22N6S. The Morgan fingerprint density at radius 2 is 1.70 bits per heavy atom. The molecule has 2 aromatic heterocycles. The molecule has 1 saturated heterocycles. The Bertz CT molecular complexity index is 647. The van der Waals surface area contributed by atoms with E-state index in [-0.39, 0.29) is 0 Å². The van der Waals surface area contributed by atoms with E-state index in [9.17, 15) is 0 Å². The molecule has 0 spiro atoms. The number of hydrogen-bond acceptors (Lipinski definition) is 7. The van der Waals surface area contributed by atoms with Gasteiger partial charge >= 0.3 is 0 Å². The third-order valence-corrected chi connectivity index (χ3v) is 4.55. The van der Waals surface area contributed by atoms with E-state index in [1.807, 2.05) is 19.2 Å². The third kappa shape index (κ3) is 3.72. The molecule has 0 aliphatic carbocycles. The van der Waals surface area contributed by atoms with E-state index < -0.39 is 0 Å². The van der Waals surface area contributed by atoms with Gasteiger partial charge in [-0.1, -0.05) is 18.7 Å². The summed E-state index contributed by atoms with van der Waals surface area (Å²) in [5.74, 6) is 2.05. The lowest BCUT2D eigenvalue weighted by atomic mass is 10.2. The van der Waals surface area contributed by atoms with Crippen molar-refractivity contribution >= 4 is 23.4 Å². The molecule has 3 heterocycles. The van der Waals surface area contributed by atoms with Crippen LogP contribution in [0.25, 0.3) is 0 Å². The highest BCUT2D eigenvalue weighted by Crippen LogP contribution is 2.21. The lowest BCUT2D eigenvalue weighted by molar-refractivity contribution is 0.635.